The average Bonchev–Trinajstić information content (AvgIpc) is 2.22. The third-order valence-electron chi connectivity index (χ3n) is 0.805. The molecule has 38 valence electrons. The van der Waals surface area contributed by atoms with Crippen LogP contribution in [-0.4, -0.2) is 18.4 Å². The average molecular weight is 100 g/mol. The lowest BCUT2D eigenvalue weighted by Crippen LogP contribution is -1.91. The first-order chi connectivity index (χ1) is 3.34. The van der Waals surface area contributed by atoms with Crippen LogP contribution in [0, 0.1) is 0 Å². The van der Waals surface area contributed by atoms with E-state index < -0.39 is 6.10 Å². The Morgan fingerprint density at radius 1 is 1.86 bits per heavy atom. The van der Waals surface area contributed by atoms with Crippen LogP contribution in [0.4, 0.5) is 0 Å². The second kappa shape index (κ2) is 1.33. The zero-order valence-electron chi connectivity index (χ0n) is 3.59. The van der Waals surface area contributed by atoms with Gasteiger partial charge < -0.3 is 4.74 Å². The van der Waals surface area contributed by atoms with Crippen LogP contribution in [0.1, 0.15) is 6.42 Å². The maximum Gasteiger partial charge on any atom is 0.293 e. The Balaban J connectivity index is 2.20. The van der Waals surface area contributed by atoms with Crippen molar-refractivity contribution >= 4 is 12.3 Å². The lowest BCUT2D eigenvalue weighted by molar-refractivity contribution is -0.132. The van der Waals surface area contributed by atoms with E-state index in [1.54, 1.807) is 0 Å². The van der Waals surface area contributed by atoms with Crippen molar-refractivity contribution in [1.82, 2.24) is 0 Å². The maximum absolute atomic E-state index is 9.99. The van der Waals surface area contributed by atoms with Gasteiger partial charge in [0.15, 0.2) is 11.9 Å². The summed E-state index contributed by atoms with van der Waals surface area (Å²) in [7, 11) is 0. The van der Waals surface area contributed by atoms with Gasteiger partial charge in [0, 0.05) is 0 Å². The Bertz CT molecular complexity index is 108. The molecule has 0 N–H and O–H groups in total. The smallest absolute Gasteiger partial charge is 0.293 e. The predicted molar refractivity (Wildman–Crippen MR) is 20.6 cm³/mol. The Labute approximate surface area is 40.3 Å². The van der Waals surface area contributed by atoms with Crippen molar-refractivity contribution in [2.45, 2.75) is 12.5 Å². The summed E-state index contributed by atoms with van der Waals surface area (Å²) < 4.78 is 4.23. The molecular formula is C4H4O3. The summed E-state index contributed by atoms with van der Waals surface area (Å²) >= 11 is 0. The summed E-state index contributed by atoms with van der Waals surface area (Å²) in [4.78, 5) is 19.4. The summed E-state index contributed by atoms with van der Waals surface area (Å²) in [6.45, 7) is 0.301. The highest BCUT2D eigenvalue weighted by Gasteiger charge is 2.36. The molecule has 0 amide bonds. The lowest BCUT2D eigenvalue weighted by Gasteiger charge is -1.81. The molecular weight excluding hydrogens is 96.0 g/mol. The number of carbonyl (C=O) groups is 2. The van der Waals surface area contributed by atoms with Crippen LogP contribution in [0.3, 0.4) is 0 Å². The Kier molecular flexibility index (Phi) is 0.817. The van der Waals surface area contributed by atoms with E-state index in [1.807, 2.05) is 0 Å². The van der Waals surface area contributed by atoms with Gasteiger partial charge in [0.05, 0.1) is 6.42 Å². The molecule has 3 heteroatoms. The van der Waals surface area contributed by atoms with Gasteiger partial charge in [0.2, 0.25) is 0 Å². The molecule has 0 aromatic heterocycles. The monoisotopic (exact) mass is 100 g/mol. The Hall–Kier alpha value is -0.860. The molecule has 0 aromatic carbocycles. The first-order valence-corrected chi connectivity index (χ1v) is 1.96. The van der Waals surface area contributed by atoms with Gasteiger partial charge in [-0.2, -0.15) is 0 Å². The van der Waals surface area contributed by atoms with Crippen LogP contribution in [0.15, 0.2) is 0 Å². The van der Waals surface area contributed by atoms with E-state index in [2.05, 4.69) is 4.74 Å². The van der Waals surface area contributed by atoms with Crippen molar-refractivity contribution in [2.75, 3.05) is 0 Å². The van der Waals surface area contributed by atoms with Crippen LogP contribution in [0.25, 0.3) is 0 Å². The minimum Gasteiger partial charge on any atom is -0.456 e. The number of hydrogen-bond donors (Lipinski definition) is 0. The quantitative estimate of drug-likeness (QED) is 0.439. The van der Waals surface area contributed by atoms with E-state index in [4.69, 9.17) is 0 Å². The van der Waals surface area contributed by atoms with Gasteiger partial charge >= 0.3 is 0 Å². The van der Waals surface area contributed by atoms with Gasteiger partial charge in [-0.05, 0) is 0 Å². The van der Waals surface area contributed by atoms with Crippen LogP contribution >= 0.6 is 0 Å². The van der Waals surface area contributed by atoms with Crippen molar-refractivity contribution in [3.63, 3.8) is 0 Å². The first-order valence-electron chi connectivity index (χ1n) is 1.96. The second-order valence-corrected chi connectivity index (χ2v) is 1.39. The van der Waals surface area contributed by atoms with Gasteiger partial charge in [-0.15, -0.1) is 0 Å². The fraction of sp³-hybridized carbons (Fsp3) is 0.500. The summed E-state index contributed by atoms with van der Waals surface area (Å²) in [6.07, 6.45) is 0.0242. The fourth-order valence-corrected chi connectivity index (χ4v) is 0.315. The lowest BCUT2D eigenvalue weighted by atomic mass is 10.8. The molecule has 7 heavy (non-hydrogen) atoms. The molecule has 3 nitrogen and oxygen atoms in total. The molecule has 1 aliphatic rings. The van der Waals surface area contributed by atoms with Crippen LogP contribution in [-0.2, 0) is 14.3 Å². The number of ether oxygens (including phenoxy) is 1. The SMILES string of the molecule is O=COC1CC1=O. The molecule has 0 heterocycles. The van der Waals surface area contributed by atoms with Gasteiger partial charge in [0.1, 0.15) is 0 Å². The normalized spacial score (nSPS) is 26.9. The Morgan fingerprint density at radius 2 is 2.43 bits per heavy atom. The van der Waals surface area contributed by atoms with E-state index in [1.165, 1.54) is 0 Å². The predicted octanol–water partition coefficient (Wildman–Crippen LogP) is -0.499. The number of hydrogen-bond acceptors (Lipinski definition) is 3. The van der Waals surface area contributed by atoms with Gasteiger partial charge in [-0.1, -0.05) is 0 Å². The van der Waals surface area contributed by atoms with Crippen LogP contribution in [0.2, 0.25) is 0 Å². The van der Waals surface area contributed by atoms with Crippen molar-refractivity contribution in [2.24, 2.45) is 0 Å². The zero-order valence-corrected chi connectivity index (χ0v) is 3.59. The number of carbonyl (C=O) groups excluding carboxylic acids is 2. The zero-order chi connectivity index (χ0) is 5.28. The molecule has 0 aromatic rings. The standard InChI is InChI=1S/C4H4O3/c5-2-7-4-1-3(4)6/h2,4H,1H2. The summed E-state index contributed by atoms with van der Waals surface area (Å²) in [6, 6.07) is 0. The van der Waals surface area contributed by atoms with Crippen molar-refractivity contribution < 1.29 is 14.3 Å². The van der Waals surface area contributed by atoms with Gasteiger partial charge in [-0.3, -0.25) is 9.59 Å². The summed E-state index contributed by atoms with van der Waals surface area (Å²) in [5.41, 5.74) is 0. The number of ketones is 1. The summed E-state index contributed by atoms with van der Waals surface area (Å²) in [5.74, 6) is 0.0205. The third-order valence-corrected chi connectivity index (χ3v) is 0.805. The van der Waals surface area contributed by atoms with E-state index >= 15 is 0 Å². The Morgan fingerprint density at radius 3 is 2.57 bits per heavy atom. The highest BCUT2D eigenvalue weighted by molar-refractivity contribution is 5.99. The molecule has 0 bridgehead atoms. The highest BCUT2D eigenvalue weighted by Crippen LogP contribution is 2.16. The first kappa shape index (κ1) is 4.30. The third kappa shape index (κ3) is 0.765. The molecule has 1 unspecified atom stereocenters. The maximum atomic E-state index is 9.99. The van der Waals surface area contributed by atoms with Crippen molar-refractivity contribution in [3.8, 4) is 0 Å². The molecule has 1 aliphatic carbocycles. The van der Waals surface area contributed by atoms with Crippen LogP contribution < -0.4 is 0 Å². The molecule has 0 saturated heterocycles. The van der Waals surface area contributed by atoms with E-state index in [0.717, 1.165) is 0 Å². The second-order valence-electron chi connectivity index (χ2n) is 1.39. The molecule has 1 atom stereocenters. The van der Waals surface area contributed by atoms with E-state index in [-0.39, 0.29) is 5.78 Å². The number of rotatable bonds is 2. The fourth-order valence-electron chi connectivity index (χ4n) is 0.315. The summed E-state index contributed by atoms with van der Waals surface area (Å²) in [5, 5.41) is 0. The molecule has 1 rings (SSSR count). The van der Waals surface area contributed by atoms with Crippen LogP contribution in [0.5, 0.6) is 0 Å². The molecule has 0 spiro atoms. The molecule has 0 radical (unpaired) electrons. The minimum absolute atomic E-state index is 0.0205. The molecule has 1 fully saturated rings. The number of Topliss-reactive ketones (excluding diaryl/α,β-unsaturated/α-hetero) is 1. The van der Waals surface area contributed by atoms with Gasteiger partial charge in [0.25, 0.3) is 6.47 Å². The molecule has 0 aliphatic heterocycles. The highest BCUT2D eigenvalue weighted by atomic mass is 16.5. The minimum atomic E-state index is -0.391. The van der Waals surface area contributed by atoms with Crippen molar-refractivity contribution in [1.29, 1.82) is 0 Å². The van der Waals surface area contributed by atoms with E-state index in [9.17, 15) is 9.59 Å². The molecule has 1 saturated carbocycles. The van der Waals surface area contributed by atoms with Crippen molar-refractivity contribution in [3.05, 3.63) is 0 Å². The topological polar surface area (TPSA) is 43.4 Å². The van der Waals surface area contributed by atoms with Gasteiger partial charge in [-0.25, -0.2) is 0 Å². The van der Waals surface area contributed by atoms with E-state index in [0.29, 0.717) is 12.9 Å². The largest absolute Gasteiger partial charge is 0.456 e.